The third-order valence-electron chi connectivity index (χ3n) is 3.32. The van der Waals surface area contributed by atoms with Crippen molar-refractivity contribution in [3.05, 3.63) is 70.8 Å². The van der Waals surface area contributed by atoms with Gasteiger partial charge < -0.3 is 9.47 Å². The third-order valence-corrected chi connectivity index (χ3v) is 3.32. The van der Waals surface area contributed by atoms with Crippen molar-refractivity contribution in [1.29, 1.82) is 0 Å². The topological polar surface area (TPSA) is 52.6 Å². The van der Waals surface area contributed by atoms with Gasteiger partial charge in [-0.05, 0) is 36.8 Å². The number of esters is 2. The zero-order valence-corrected chi connectivity index (χ0v) is 12.0. The van der Waals surface area contributed by atoms with Crippen LogP contribution >= 0.6 is 0 Å². The second kappa shape index (κ2) is 5.85. The SMILES string of the molecule is CCOC(=O)c1ccc2c(c1)C(=O)O/C2=C\c1ccccc1. The zero-order chi connectivity index (χ0) is 15.5. The first-order valence-corrected chi connectivity index (χ1v) is 6.99. The van der Waals surface area contributed by atoms with Crippen molar-refractivity contribution in [2.45, 2.75) is 6.92 Å². The molecular weight excluding hydrogens is 280 g/mol. The molecule has 0 saturated carbocycles. The van der Waals surface area contributed by atoms with E-state index < -0.39 is 11.9 Å². The molecule has 22 heavy (non-hydrogen) atoms. The van der Waals surface area contributed by atoms with E-state index in [-0.39, 0.29) is 0 Å². The Balaban J connectivity index is 1.98. The van der Waals surface area contributed by atoms with Crippen molar-refractivity contribution in [3.63, 3.8) is 0 Å². The molecule has 0 bridgehead atoms. The molecule has 0 fully saturated rings. The Morgan fingerprint density at radius 1 is 1.14 bits per heavy atom. The lowest BCUT2D eigenvalue weighted by atomic mass is 10.0. The number of carbonyl (C=O) groups excluding carboxylic acids is 2. The van der Waals surface area contributed by atoms with Crippen molar-refractivity contribution in [2.24, 2.45) is 0 Å². The molecule has 4 nitrogen and oxygen atoms in total. The zero-order valence-electron chi connectivity index (χ0n) is 12.0. The maximum absolute atomic E-state index is 12.0. The first kappa shape index (κ1) is 14.1. The molecule has 0 spiro atoms. The van der Waals surface area contributed by atoms with Gasteiger partial charge in [-0.3, -0.25) is 0 Å². The Kier molecular flexibility index (Phi) is 3.74. The fraction of sp³-hybridized carbons (Fsp3) is 0.111. The first-order chi connectivity index (χ1) is 10.7. The van der Waals surface area contributed by atoms with E-state index in [2.05, 4.69) is 0 Å². The Bertz CT molecular complexity index is 760. The van der Waals surface area contributed by atoms with Crippen LogP contribution in [0.3, 0.4) is 0 Å². The van der Waals surface area contributed by atoms with Gasteiger partial charge in [0, 0.05) is 5.56 Å². The number of ether oxygens (including phenoxy) is 2. The molecular formula is C18H14O4. The summed E-state index contributed by atoms with van der Waals surface area (Å²) in [5.41, 5.74) is 2.35. The van der Waals surface area contributed by atoms with E-state index in [1.54, 1.807) is 25.1 Å². The van der Waals surface area contributed by atoms with Crippen molar-refractivity contribution in [1.82, 2.24) is 0 Å². The Morgan fingerprint density at radius 3 is 2.64 bits per heavy atom. The average Bonchev–Trinajstić information content (AvgIpc) is 2.84. The molecule has 0 aliphatic carbocycles. The van der Waals surface area contributed by atoms with Gasteiger partial charge in [0.05, 0.1) is 17.7 Å². The molecule has 0 saturated heterocycles. The van der Waals surface area contributed by atoms with Gasteiger partial charge in [0.25, 0.3) is 0 Å². The van der Waals surface area contributed by atoms with Crippen LogP contribution in [0.15, 0.2) is 48.5 Å². The molecule has 4 heteroatoms. The van der Waals surface area contributed by atoms with Gasteiger partial charge >= 0.3 is 11.9 Å². The molecule has 1 heterocycles. The highest BCUT2D eigenvalue weighted by Crippen LogP contribution is 2.32. The van der Waals surface area contributed by atoms with Gasteiger partial charge in [-0.1, -0.05) is 30.3 Å². The Morgan fingerprint density at radius 2 is 1.91 bits per heavy atom. The second-order valence-corrected chi connectivity index (χ2v) is 4.79. The number of benzene rings is 2. The van der Waals surface area contributed by atoms with Gasteiger partial charge in [-0.2, -0.15) is 0 Å². The highest BCUT2D eigenvalue weighted by atomic mass is 16.5. The number of hydrogen-bond donors (Lipinski definition) is 0. The van der Waals surface area contributed by atoms with E-state index in [0.29, 0.717) is 29.1 Å². The quantitative estimate of drug-likeness (QED) is 0.813. The Hall–Kier alpha value is -2.88. The van der Waals surface area contributed by atoms with Gasteiger partial charge in [-0.15, -0.1) is 0 Å². The lowest BCUT2D eigenvalue weighted by molar-refractivity contribution is 0.0526. The molecule has 2 aromatic rings. The van der Waals surface area contributed by atoms with Crippen LogP contribution in [0, 0.1) is 0 Å². The van der Waals surface area contributed by atoms with Crippen LogP contribution in [0.1, 0.15) is 38.8 Å². The summed E-state index contributed by atoms with van der Waals surface area (Å²) in [7, 11) is 0. The van der Waals surface area contributed by atoms with Gasteiger partial charge in [0.15, 0.2) is 0 Å². The molecule has 0 amide bonds. The second-order valence-electron chi connectivity index (χ2n) is 4.79. The minimum Gasteiger partial charge on any atom is -0.462 e. The summed E-state index contributed by atoms with van der Waals surface area (Å²) in [6.07, 6.45) is 1.80. The maximum Gasteiger partial charge on any atom is 0.344 e. The van der Waals surface area contributed by atoms with Gasteiger partial charge in [-0.25, -0.2) is 9.59 Å². The highest BCUT2D eigenvalue weighted by molar-refractivity contribution is 6.07. The minimum absolute atomic E-state index is 0.291. The number of carbonyl (C=O) groups is 2. The van der Waals surface area contributed by atoms with Gasteiger partial charge in [0.2, 0.25) is 0 Å². The number of rotatable bonds is 3. The van der Waals surface area contributed by atoms with E-state index in [1.807, 2.05) is 30.3 Å². The average molecular weight is 294 g/mol. The summed E-state index contributed by atoms with van der Waals surface area (Å²) in [5, 5.41) is 0. The van der Waals surface area contributed by atoms with Crippen molar-refractivity contribution >= 4 is 23.8 Å². The smallest absolute Gasteiger partial charge is 0.344 e. The summed E-state index contributed by atoms with van der Waals surface area (Å²) in [4.78, 5) is 23.7. The summed E-state index contributed by atoms with van der Waals surface area (Å²) in [5.74, 6) is -0.413. The maximum atomic E-state index is 12.0. The Labute approximate surface area is 128 Å². The molecule has 2 aromatic carbocycles. The predicted octanol–water partition coefficient (Wildman–Crippen LogP) is 3.53. The van der Waals surface area contributed by atoms with E-state index in [1.165, 1.54) is 6.07 Å². The molecule has 0 radical (unpaired) electrons. The lowest BCUT2D eigenvalue weighted by Crippen LogP contribution is -2.06. The minimum atomic E-state index is -0.455. The van der Waals surface area contributed by atoms with Crippen molar-refractivity contribution < 1.29 is 19.1 Å². The molecule has 1 aliphatic rings. The summed E-state index contributed by atoms with van der Waals surface area (Å²) < 4.78 is 10.2. The number of cyclic esters (lactones) is 1. The van der Waals surface area contributed by atoms with Crippen LogP contribution in [-0.2, 0) is 9.47 Å². The van der Waals surface area contributed by atoms with E-state index in [9.17, 15) is 9.59 Å². The largest absolute Gasteiger partial charge is 0.462 e. The van der Waals surface area contributed by atoms with Crippen molar-refractivity contribution in [2.75, 3.05) is 6.61 Å². The third kappa shape index (κ3) is 2.63. The molecule has 0 atom stereocenters. The van der Waals surface area contributed by atoms with E-state index >= 15 is 0 Å². The van der Waals surface area contributed by atoms with Gasteiger partial charge in [0.1, 0.15) is 5.76 Å². The fourth-order valence-corrected chi connectivity index (χ4v) is 2.29. The lowest BCUT2D eigenvalue weighted by Gasteiger charge is -2.03. The monoisotopic (exact) mass is 294 g/mol. The summed E-state index contributed by atoms with van der Waals surface area (Å²) >= 11 is 0. The van der Waals surface area contributed by atoms with Crippen LogP contribution < -0.4 is 0 Å². The van der Waals surface area contributed by atoms with E-state index in [4.69, 9.17) is 9.47 Å². The fourth-order valence-electron chi connectivity index (χ4n) is 2.29. The van der Waals surface area contributed by atoms with Crippen LogP contribution in [-0.4, -0.2) is 18.5 Å². The van der Waals surface area contributed by atoms with Crippen molar-refractivity contribution in [3.8, 4) is 0 Å². The van der Waals surface area contributed by atoms with E-state index in [0.717, 1.165) is 5.56 Å². The number of fused-ring (bicyclic) bond motifs is 1. The molecule has 1 aliphatic heterocycles. The molecule has 0 N–H and O–H groups in total. The molecule has 0 aromatic heterocycles. The highest BCUT2D eigenvalue weighted by Gasteiger charge is 2.27. The van der Waals surface area contributed by atoms with Crippen LogP contribution in [0.25, 0.3) is 11.8 Å². The molecule has 0 unspecified atom stereocenters. The number of hydrogen-bond acceptors (Lipinski definition) is 4. The molecule has 110 valence electrons. The predicted molar refractivity (Wildman–Crippen MR) is 82.1 cm³/mol. The van der Waals surface area contributed by atoms with Crippen LogP contribution in [0.2, 0.25) is 0 Å². The van der Waals surface area contributed by atoms with Crippen LogP contribution in [0.4, 0.5) is 0 Å². The summed E-state index contributed by atoms with van der Waals surface area (Å²) in [6.45, 7) is 2.03. The first-order valence-electron chi connectivity index (χ1n) is 6.99. The summed E-state index contributed by atoms with van der Waals surface area (Å²) in [6, 6.07) is 14.4. The normalized spacial score (nSPS) is 14.6. The standard InChI is InChI=1S/C18H14O4/c1-2-21-17(19)13-8-9-14-15(11-13)18(20)22-16(14)10-12-6-4-3-5-7-12/h3-11H,2H2,1H3/b16-10-. The van der Waals surface area contributed by atoms with Crippen LogP contribution in [0.5, 0.6) is 0 Å². The molecule has 3 rings (SSSR count).